The summed E-state index contributed by atoms with van der Waals surface area (Å²) >= 11 is 1.60. The fourth-order valence-corrected chi connectivity index (χ4v) is 4.66. The maximum atomic E-state index is 9.04. The molecule has 4 aromatic rings. The van der Waals surface area contributed by atoms with Crippen molar-refractivity contribution in [3.05, 3.63) is 83.4 Å². The van der Waals surface area contributed by atoms with Gasteiger partial charge in [0, 0.05) is 17.4 Å². The van der Waals surface area contributed by atoms with E-state index in [9.17, 15) is 0 Å². The number of thioether (sulfide) groups is 1. The summed E-state index contributed by atoms with van der Waals surface area (Å²) in [7, 11) is 0. The zero-order valence-corrected chi connectivity index (χ0v) is 20.1. The summed E-state index contributed by atoms with van der Waals surface area (Å²) in [6, 6.07) is 24.1. The number of rotatable bonds is 5. The minimum absolute atomic E-state index is 0.0750. The van der Waals surface area contributed by atoms with E-state index in [1.165, 1.54) is 5.56 Å². The molecule has 5 rings (SSSR count). The monoisotopic (exact) mass is 468 g/mol. The van der Waals surface area contributed by atoms with Gasteiger partial charge in [0.25, 0.3) is 0 Å². The second-order valence-corrected chi connectivity index (χ2v) is 10.0. The molecule has 3 aromatic carbocycles. The summed E-state index contributed by atoms with van der Waals surface area (Å²) in [5.41, 5.74) is 5.00. The average molecular weight is 469 g/mol. The molecule has 2 heterocycles. The molecule has 0 saturated carbocycles. The highest BCUT2D eigenvalue weighted by Crippen LogP contribution is 2.37. The van der Waals surface area contributed by atoms with E-state index in [2.05, 4.69) is 65.9 Å². The molecule has 1 aromatic heterocycles. The van der Waals surface area contributed by atoms with E-state index in [0.29, 0.717) is 17.1 Å². The summed E-state index contributed by atoms with van der Waals surface area (Å²) in [4.78, 5) is 0. The molecule has 0 N–H and O–H groups in total. The predicted octanol–water partition coefficient (Wildman–Crippen LogP) is 6.12. The molecule has 0 spiro atoms. The van der Waals surface area contributed by atoms with Crippen LogP contribution in [0, 0.1) is 11.3 Å². The standard InChI is InChI=1S/C27H24N4O2S/c1-27(2,3)21-10-8-20(9-11-21)25-29-30-26(34-16-19-6-4-18(15-28)5-7-19)31(25)22-12-13-23-24(14-22)33-17-32-23/h4-14H,16-17H2,1-3H3. The van der Waals surface area contributed by atoms with Crippen LogP contribution in [0.2, 0.25) is 0 Å². The summed E-state index contributed by atoms with van der Waals surface area (Å²) in [5, 5.41) is 18.9. The number of nitriles is 1. The van der Waals surface area contributed by atoms with Crippen molar-refractivity contribution in [3.63, 3.8) is 0 Å². The van der Waals surface area contributed by atoms with Gasteiger partial charge in [0.1, 0.15) is 0 Å². The van der Waals surface area contributed by atoms with Gasteiger partial charge in [-0.15, -0.1) is 10.2 Å². The molecule has 0 atom stereocenters. The molecule has 0 bridgehead atoms. The van der Waals surface area contributed by atoms with Crippen molar-refractivity contribution in [2.24, 2.45) is 0 Å². The maximum absolute atomic E-state index is 9.04. The predicted molar refractivity (Wildman–Crippen MR) is 132 cm³/mol. The molecule has 34 heavy (non-hydrogen) atoms. The Bertz CT molecular complexity index is 1360. The van der Waals surface area contributed by atoms with Crippen LogP contribution in [-0.2, 0) is 11.2 Å². The first-order valence-electron chi connectivity index (χ1n) is 11.0. The van der Waals surface area contributed by atoms with Crippen LogP contribution < -0.4 is 9.47 Å². The third-order valence-electron chi connectivity index (χ3n) is 5.71. The number of benzene rings is 3. The number of hydrogen-bond donors (Lipinski definition) is 0. The molecule has 0 radical (unpaired) electrons. The van der Waals surface area contributed by atoms with Crippen LogP contribution in [0.25, 0.3) is 17.1 Å². The Balaban J connectivity index is 1.52. The molecule has 1 aliphatic rings. The Hall–Kier alpha value is -3.76. The largest absolute Gasteiger partial charge is 0.454 e. The molecule has 0 aliphatic carbocycles. The van der Waals surface area contributed by atoms with Crippen molar-refractivity contribution in [1.29, 1.82) is 5.26 Å². The molecule has 1 aliphatic heterocycles. The number of ether oxygens (including phenoxy) is 2. The third kappa shape index (κ3) is 4.37. The Labute approximate surface area is 203 Å². The van der Waals surface area contributed by atoms with Gasteiger partial charge >= 0.3 is 0 Å². The lowest BCUT2D eigenvalue weighted by Crippen LogP contribution is -2.10. The number of fused-ring (bicyclic) bond motifs is 1. The highest BCUT2D eigenvalue weighted by Gasteiger charge is 2.21. The van der Waals surface area contributed by atoms with Crippen LogP contribution in [0.4, 0.5) is 0 Å². The van der Waals surface area contributed by atoms with Crippen LogP contribution in [-0.4, -0.2) is 21.6 Å². The van der Waals surface area contributed by atoms with E-state index < -0.39 is 0 Å². The van der Waals surface area contributed by atoms with Gasteiger partial charge in [-0.25, -0.2) is 0 Å². The zero-order chi connectivity index (χ0) is 23.7. The van der Waals surface area contributed by atoms with Gasteiger partial charge in [-0.3, -0.25) is 4.57 Å². The molecule has 6 nitrogen and oxygen atoms in total. The van der Waals surface area contributed by atoms with E-state index in [0.717, 1.165) is 33.5 Å². The van der Waals surface area contributed by atoms with Crippen LogP contribution in [0.5, 0.6) is 11.5 Å². The lowest BCUT2D eigenvalue weighted by Gasteiger charge is -2.19. The lowest BCUT2D eigenvalue weighted by atomic mass is 9.87. The second kappa shape index (κ2) is 8.88. The van der Waals surface area contributed by atoms with Crippen molar-refractivity contribution in [3.8, 4) is 34.6 Å². The molecule has 170 valence electrons. The fourth-order valence-electron chi connectivity index (χ4n) is 3.75. The van der Waals surface area contributed by atoms with Crippen molar-refractivity contribution >= 4 is 11.8 Å². The zero-order valence-electron chi connectivity index (χ0n) is 19.3. The third-order valence-corrected chi connectivity index (χ3v) is 6.71. The van der Waals surface area contributed by atoms with Gasteiger partial charge in [-0.2, -0.15) is 5.26 Å². The summed E-state index contributed by atoms with van der Waals surface area (Å²) in [6.45, 7) is 6.83. The number of aromatic nitrogens is 3. The SMILES string of the molecule is CC(C)(C)c1ccc(-c2nnc(SCc3ccc(C#N)cc3)n2-c2ccc3c(c2)OCO3)cc1. The molecule has 0 unspecified atom stereocenters. The van der Waals surface area contributed by atoms with Crippen molar-refractivity contribution in [2.45, 2.75) is 37.1 Å². The molecular weight excluding hydrogens is 444 g/mol. The van der Waals surface area contributed by atoms with Crippen molar-refractivity contribution in [1.82, 2.24) is 14.8 Å². The van der Waals surface area contributed by atoms with E-state index in [1.54, 1.807) is 11.8 Å². The average Bonchev–Trinajstić information content (AvgIpc) is 3.49. The first-order chi connectivity index (χ1) is 16.4. The maximum Gasteiger partial charge on any atom is 0.231 e. The quantitative estimate of drug-likeness (QED) is 0.328. The molecule has 0 fully saturated rings. The van der Waals surface area contributed by atoms with Crippen LogP contribution in [0.3, 0.4) is 0 Å². The molecule has 7 heteroatoms. The van der Waals surface area contributed by atoms with Gasteiger partial charge < -0.3 is 9.47 Å². The summed E-state index contributed by atoms with van der Waals surface area (Å²) < 4.78 is 13.2. The van der Waals surface area contributed by atoms with Crippen LogP contribution >= 0.6 is 11.8 Å². The lowest BCUT2D eigenvalue weighted by molar-refractivity contribution is 0.174. The molecular formula is C27H24N4O2S. The van der Waals surface area contributed by atoms with Gasteiger partial charge in [0.2, 0.25) is 6.79 Å². The smallest absolute Gasteiger partial charge is 0.231 e. The Morgan fingerprint density at radius 1 is 0.941 bits per heavy atom. The van der Waals surface area contributed by atoms with E-state index in [-0.39, 0.29) is 12.2 Å². The number of nitrogens with zero attached hydrogens (tertiary/aromatic N) is 4. The summed E-state index contributed by atoms with van der Waals surface area (Å²) in [5.74, 6) is 2.92. The van der Waals surface area contributed by atoms with Crippen LogP contribution in [0.15, 0.2) is 71.9 Å². The van der Waals surface area contributed by atoms with Gasteiger partial charge in [0.05, 0.1) is 17.3 Å². The number of hydrogen-bond acceptors (Lipinski definition) is 6. The Morgan fingerprint density at radius 2 is 1.68 bits per heavy atom. The van der Waals surface area contributed by atoms with Crippen molar-refractivity contribution < 1.29 is 9.47 Å². The van der Waals surface area contributed by atoms with E-state index >= 15 is 0 Å². The first kappa shape index (κ1) is 22.1. The van der Waals surface area contributed by atoms with Gasteiger partial charge in [-0.05, 0) is 40.8 Å². The van der Waals surface area contributed by atoms with E-state index in [1.807, 2.05) is 42.5 Å². The van der Waals surface area contributed by atoms with Gasteiger partial charge in [0.15, 0.2) is 22.5 Å². The topological polar surface area (TPSA) is 73.0 Å². The summed E-state index contributed by atoms with van der Waals surface area (Å²) in [6.07, 6.45) is 0. The highest BCUT2D eigenvalue weighted by molar-refractivity contribution is 7.98. The van der Waals surface area contributed by atoms with Crippen LogP contribution in [0.1, 0.15) is 37.5 Å². The highest BCUT2D eigenvalue weighted by atomic mass is 32.2. The second-order valence-electron chi connectivity index (χ2n) is 9.10. The Kier molecular flexibility index (Phi) is 5.76. The normalized spacial score (nSPS) is 12.5. The minimum atomic E-state index is 0.0750. The van der Waals surface area contributed by atoms with Gasteiger partial charge in [-0.1, -0.05) is 68.9 Å². The van der Waals surface area contributed by atoms with Crippen molar-refractivity contribution in [2.75, 3.05) is 6.79 Å². The first-order valence-corrected chi connectivity index (χ1v) is 12.0. The molecule has 0 saturated heterocycles. The fraction of sp³-hybridized carbons (Fsp3) is 0.222. The molecule has 0 amide bonds. The van der Waals surface area contributed by atoms with E-state index in [4.69, 9.17) is 14.7 Å². The Morgan fingerprint density at radius 3 is 2.38 bits per heavy atom. The minimum Gasteiger partial charge on any atom is -0.454 e.